The standard InChI is InChI=1S/C22H24N4O4/c23-17(10-14-6-2-1-3-7-14)21(29)26-19(22(30)25-13-20(27)28)11-15-12-24-18-9-5-4-8-16(15)18/h1-9,12,17,19,24H,10-11,13,23H2,(H,25,30)(H,26,29)(H,27,28)/t17-,19-/m0/s1. The molecule has 156 valence electrons. The molecule has 30 heavy (non-hydrogen) atoms. The van der Waals surface area contributed by atoms with Gasteiger partial charge in [-0.2, -0.15) is 0 Å². The Morgan fingerprint density at radius 3 is 2.40 bits per heavy atom. The molecule has 8 heteroatoms. The summed E-state index contributed by atoms with van der Waals surface area (Å²) in [7, 11) is 0. The number of amides is 2. The van der Waals surface area contributed by atoms with Gasteiger partial charge < -0.3 is 26.5 Å². The number of carbonyl (C=O) groups excluding carboxylic acids is 2. The van der Waals surface area contributed by atoms with Crippen LogP contribution >= 0.6 is 0 Å². The lowest BCUT2D eigenvalue weighted by Crippen LogP contribution is -2.53. The second-order valence-corrected chi connectivity index (χ2v) is 7.03. The van der Waals surface area contributed by atoms with Gasteiger partial charge in [0.1, 0.15) is 12.6 Å². The van der Waals surface area contributed by atoms with E-state index in [-0.39, 0.29) is 6.42 Å². The van der Waals surface area contributed by atoms with Gasteiger partial charge in [-0.3, -0.25) is 14.4 Å². The first kappa shape index (κ1) is 21.1. The van der Waals surface area contributed by atoms with Crippen molar-refractivity contribution >= 4 is 28.7 Å². The van der Waals surface area contributed by atoms with E-state index >= 15 is 0 Å². The van der Waals surface area contributed by atoms with Gasteiger partial charge in [-0.25, -0.2) is 0 Å². The third-order valence-electron chi connectivity index (χ3n) is 4.78. The normalized spacial score (nSPS) is 12.8. The van der Waals surface area contributed by atoms with Crippen LogP contribution in [0.4, 0.5) is 0 Å². The largest absolute Gasteiger partial charge is 0.480 e. The number of fused-ring (bicyclic) bond motifs is 1. The third-order valence-corrected chi connectivity index (χ3v) is 4.78. The number of H-pyrrole nitrogens is 1. The van der Waals surface area contributed by atoms with Crippen molar-refractivity contribution in [3.8, 4) is 0 Å². The minimum absolute atomic E-state index is 0.194. The molecule has 8 nitrogen and oxygen atoms in total. The number of carboxylic acid groups (broad SMARTS) is 1. The number of carboxylic acids is 1. The Kier molecular flexibility index (Phi) is 6.82. The molecule has 0 bridgehead atoms. The summed E-state index contributed by atoms with van der Waals surface area (Å²) in [4.78, 5) is 39.2. The fourth-order valence-corrected chi connectivity index (χ4v) is 3.26. The van der Waals surface area contributed by atoms with Gasteiger partial charge in [0.25, 0.3) is 0 Å². The van der Waals surface area contributed by atoms with Crippen LogP contribution < -0.4 is 16.4 Å². The minimum Gasteiger partial charge on any atom is -0.480 e. The molecule has 3 aromatic rings. The van der Waals surface area contributed by atoms with Gasteiger partial charge in [-0.1, -0.05) is 48.5 Å². The monoisotopic (exact) mass is 408 g/mol. The highest BCUT2D eigenvalue weighted by Gasteiger charge is 2.25. The van der Waals surface area contributed by atoms with E-state index in [1.807, 2.05) is 54.6 Å². The van der Waals surface area contributed by atoms with Gasteiger partial charge in [0.2, 0.25) is 11.8 Å². The first-order valence-corrected chi connectivity index (χ1v) is 9.58. The van der Waals surface area contributed by atoms with E-state index in [0.29, 0.717) is 6.42 Å². The van der Waals surface area contributed by atoms with Crippen LogP contribution in [0.3, 0.4) is 0 Å². The molecule has 3 rings (SSSR count). The highest BCUT2D eigenvalue weighted by atomic mass is 16.4. The zero-order valence-corrected chi connectivity index (χ0v) is 16.3. The van der Waals surface area contributed by atoms with Gasteiger partial charge >= 0.3 is 5.97 Å². The number of benzene rings is 2. The van der Waals surface area contributed by atoms with E-state index < -0.39 is 36.4 Å². The highest BCUT2D eigenvalue weighted by Crippen LogP contribution is 2.19. The van der Waals surface area contributed by atoms with E-state index in [0.717, 1.165) is 22.0 Å². The van der Waals surface area contributed by atoms with Crippen molar-refractivity contribution in [2.45, 2.75) is 24.9 Å². The maximum absolute atomic E-state index is 12.7. The molecular formula is C22H24N4O4. The zero-order chi connectivity index (χ0) is 21.5. The van der Waals surface area contributed by atoms with Crippen LogP contribution in [-0.2, 0) is 27.2 Å². The predicted molar refractivity (Wildman–Crippen MR) is 113 cm³/mol. The first-order chi connectivity index (χ1) is 14.4. The number of aliphatic carboxylic acids is 1. The smallest absolute Gasteiger partial charge is 0.322 e. The average Bonchev–Trinajstić information content (AvgIpc) is 3.15. The molecule has 6 N–H and O–H groups in total. The lowest BCUT2D eigenvalue weighted by atomic mass is 10.0. The number of aromatic nitrogens is 1. The topological polar surface area (TPSA) is 137 Å². The quantitative estimate of drug-likeness (QED) is 0.359. The molecule has 0 spiro atoms. The molecule has 0 fully saturated rings. The number of nitrogens with two attached hydrogens (primary N) is 1. The van der Waals surface area contributed by atoms with E-state index in [1.54, 1.807) is 6.20 Å². The molecule has 2 atom stereocenters. The Hall–Kier alpha value is -3.65. The van der Waals surface area contributed by atoms with Crippen molar-refractivity contribution in [2.75, 3.05) is 6.54 Å². The lowest BCUT2D eigenvalue weighted by Gasteiger charge is -2.20. The number of carbonyl (C=O) groups is 3. The lowest BCUT2D eigenvalue weighted by molar-refractivity contribution is -0.138. The number of rotatable bonds is 9. The molecule has 0 unspecified atom stereocenters. The van der Waals surface area contributed by atoms with Crippen molar-refractivity contribution in [2.24, 2.45) is 5.73 Å². The Morgan fingerprint density at radius 1 is 0.967 bits per heavy atom. The fourth-order valence-electron chi connectivity index (χ4n) is 3.26. The fraction of sp³-hybridized carbons (Fsp3) is 0.227. The average molecular weight is 408 g/mol. The summed E-state index contributed by atoms with van der Waals surface area (Å²) in [6.45, 7) is -0.533. The van der Waals surface area contributed by atoms with E-state index in [9.17, 15) is 14.4 Å². The molecule has 0 aliphatic carbocycles. The molecule has 0 aliphatic heterocycles. The summed E-state index contributed by atoms with van der Waals surface area (Å²) < 4.78 is 0. The molecule has 0 aliphatic rings. The molecule has 2 aromatic carbocycles. The Bertz CT molecular complexity index is 1030. The van der Waals surface area contributed by atoms with Crippen molar-refractivity contribution in [1.82, 2.24) is 15.6 Å². The molecule has 0 saturated heterocycles. The van der Waals surface area contributed by atoms with Crippen LogP contribution in [0.15, 0.2) is 60.8 Å². The van der Waals surface area contributed by atoms with E-state index in [1.165, 1.54) is 0 Å². The number of para-hydroxylation sites is 1. The van der Waals surface area contributed by atoms with Crippen molar-refractivity contribution < 1.29 is 19.5 Å². The number of hydrogen-bond acceptors (Lipinski definition) is 4. The third kappa shape index (κ3) is 5.45. The van der Waals surface area contributed by atoms with Crippen LogP contribution in [-0.4, -0.2) is 46.5 Å². The van der Waals surface area contributed by atoms with E-state index in [4.69, 9.17) is 10.8 Å². The molecule has 1 heterocycles. The predicted octanol–water partition coefficient (Wildman–Crippen LogP) is 0.966. The Morgan fingerprint density at radius 2 is 1.67 bits per heavy atom. The summed E-state index contributed by atoms with van der Waals surface area (Å²) in [5.41, 5.74) is 8.68. The van der Waals surface area contributed by atoms with Crippen LogP contribution in [0.25, 0.3) is 10.9 Å². The summed E-state index contributed by atoms with van der Waals surface area (Å²) in [6, 6.07) is 15.1. The van der Waals surface area contributed by atoms with Crippen LogP contribution in [0.1, 0.15) is 11.1 Å². The van der Waals surface area contributed by atoms with Crippen molar-refractivity contribution in [1.29, 1.82) is 0 Å². The summed E-state index contributed by atoms with van der Waals surface area (Å²) in [5.74, 6) is -2.22. The Labute approximate surface area is 173 Å². The summed E-state index contributed by atoms with van der Waals surface area (Å²) in [5, 5.41) is 14.8. The molecule has 1 aromatic heterocycles. The van der Waals surface area contributed by atoms with Crippen LogP contribution in [0.5, 0.6) is 0 Å². The van der Waals surface area contributed by atoms with Crippen LogP contribution in [0.2, 0.25) is 0 Å². The van der Waals surface area contributed by atoms with Crippen molar-refractivity contribution in [3.05, 3.63) is 71.9 Å². The van der Waals surface area contributed by atoms with Crippen LogP contribution in [0, 0.1) is 0 Å². The van der Waals surface area contributed by atoms with Gasteiger partial charge in [0.05, 0.1) is 6.04 Å². The van der Waals surface area contributed by atoms with Gasteiger partial charge in [0.15, 0.2) is 0 Å². The van der Waals surface area contributed by atoms with Crippen molar-refractivity contribution in [3.63, 3.8) is 0 Å². The Balaban J connectivity index is 1.74. The molecule has 2 amide bonds. The maximum Gasteiger partial charge on any atom is 0.322 e. The first-order valence-electron chi connectivity index (χ1n) is 9.58. The summed E-state index contributed by atoms with van der Waals surface area (Å²) in [6.07, 6.45) is 2.29. The second-order valence-electron chi connectivity index (χ2n) is 7.03. The molecule has 0 saturated carbocycles. The van der Waals surface area contributed by atoms with Gasteiger partial charge in [0, 0.05) is 23.5 Å². The highest BCUT2D eigenvalue weighted by molar-refractivity contribution is 5.92. The number of nitrogens with one attached hydrogen (secondary N) is 3. The zero-order valence-electron chi connectivity index (χ0n) is 16.3. The van der Waals surface area contributed by atoms with E-state index in [2.05, 4.69) is 15.6 Å². The summed E-state index contributed by atoms with van der Waals surface area (Å²) >= 11 is 0. The second kappa shape index (κ2) is 9.71. The van der Waals surface area contributed by atoms with Gasteiger partial charge in [-0.05, 0) is 23.6 Å². The molecular weight excluding hydrogens is 384 g/mol. The molecule has 0 radical (unpaired) electrons. The van der Waals surface area contributed by atoms with Gasteiger partial charge in [-0.15, -0.1) is 0 Å². The number of aromatic amines is 1. The minimum atomic E-state index is -1.17. The number of hydrogen-bond donors (Lipinski definition) is 5. The SMILES string of the molecule is N[C@@H](Cc1ccccc1)C(=O)N[C@@H](Cc1c[nH]c2ccccc12)C(=O)NCC(=O)O. The maximum atomic E-state index is 12.7.